The van der Waals surface area contributed by atoms with Gasteiger partial charge in [0, 0.05) is 23.6 Å². The van der Waals surface area contributed by atoms with E-state index in [0.29, 0.717) is 0 Å². The lowest BCUT2D eigenvalue weighted by Crippen LogP contribution is -2.14. The molecule has 160 valence electrons. The van der Waals surface area contributed by atoms with Gasteiger partial charge in [0.1, 0.15) is 23.0 Å². The number of hydrogen-bond donors (Lipinski definition) is 4. The highest BCUT2D eigenvalue weighted by molar-refractivity contribution is 6.32. The zero-order valence-corrected chi connectivity index (χ0v) is 18.5. The van der Waals surface area contributed by atoms with Crippen molar-refractivity contribution in [2.75, 3.05) is 0 Å². The first-order valence-electron chi connectivity index (χ1n) is 9.48. The Hall–Kier alpha value is -2.56. The van der Waals surface area contributed by atoms with E-state index in [1.165, 1.54) is 29.8 Å². The summed E-state index contributed by atoms with van der Waals surface area (Å²) in [6.07, 6.45) is 8.42. The highest BCUT2D eigenvalue weighted by Crippen LogP contribution is 2.43. The van der Waals surface area contributed by atoms with Gasteiger partial charge in [-0.25, -0.2) is 0 Å². The molecule has 2 aromatic rings. The number of aromatic hydroxyl groups is 4. The molecule has 0 bridgehead atoms. The van der Waals surface area contributed by atoms with Crippen LogP contribution in [-0.4, -0.2) is 20.4 Å². The molecule has 0 saturated carbocycles. The number of rotatable bonds is 3. The van der Waals surface area contributed by atoms with E-state index < -0.39 is 0 Å². The van der Waals surface area contributed by atoms with Crippen LogP contribution in [0.25, 0.3) is 0 Å². The lowest BCUT2D eigenvalue weighted by Gasteiger charge is -2.28. The molecule has 0 spiro atoms. The standard InChI is InChI=1S/C18H21ClO2.C6H5ClO2/c1-11(2)4-6-13-7-5-12(3)8-14(13)15-9-16(19)18(21)10-17(15)20;7-5-2-1-4(8)3-6(5)9/h4,6,8-10,13-14,20-21H,1,5,7H2,2-3H3;1-3,8-9H. The Kier molecular flexibility index (Phi) is 8.27. The molecule has 0 amide bonds. The van der Waals surface area contributed by atoms with Gasteiger partial charge in [0.2, 0.25) is 0 Å². The van der Waals surface area contributed by atoms with Gasteiger partial charge in [-0.3, -0.25) is 0 Å². The van der Waals surface area contributed by atoms with Crippen LogP contribution in [0.15, 0.2) is 66.3 Å². The maximum Gasteiger partial charge on any atom is 0.137 e. The molecule has 1 aliphatic carbocycles. The molecule has 6 heteroatoms. The molecule has 4 nitrogen and oxygen atoms in total. The van der Waals surface area contributed by atoms with Crippen molar-refractivity contribution < 1.29 is 20.4 Å². The summed E-state index contributed by atoms with van der Waals surface area (Å²) in [6, 6.07) is 6.99. The van der Waals surface area contributed by atoms with E-state index in [9.17, 15) is 10.2 Å². The quantitative estimate of drug-likeness (QED) is 0.298. The van der Waals surface area contributed by atoms with Crippen LogP contribution in [0.3, 0.4) is 0 Å². The minimum Gasteiger partial charge on any atom is -0.508 e. The molecule has 2 aromatic carbocycles. The highest BCUT2D eigenvalue weighted by Gasteiger charge is 2.26. The van der Waals surface area contributed by atoms with Crippen molar-refractivity contribution in [3.8, 4) is 23.0 Å². The average Bonchev–Trinajstić information content (AvgIpc) is 2.67. The SMILES string of the molecule is C=C(C)C=CC1CCC(C)=CC1c1cc(Cl)c(O)cc1O.Oc1ccc(Cl)c(O)c1. The number of phenols is 4. The Balaban J connectivity index is 0.000000297. The van der Waals surface area contributed by atoms with Gasteiger partial charge < -0.3 is 20.4 Å². The van der Waals surface area contributed by atoms with E-state index in [4.69, 9.17) is 33.4 Å². The van der Waals surface area contributed by atoms with Gasteiger partial charge in [-0.2, -0.15) is 0 Å². The van der Waals surface area contributed by atoms with Crippen LogP contribution >= 0.6 is 23.2 Å². The van der Waals surface area contributed by atoms with Gasteiger partial charge >= 0.3 is 0 Å². The molecule has 0 aromatic heterocycles. The summed E-state index contributed by atoms with van der Waals surface area (Å²) in [6.45, 7) is 7.95. The van der Waals surface area contributed by atoms with Crippen LogP contribution in [-0.2, 0) is 0 Å². The van der Waals surface area contributed by atoms with Gasteiger partial charge in [-0.1, -0.05) is 59.2 Å². The summed E-state index contributed by atoms with van der Waals surface area (Å²) >= 11 is 11.4. The number of allylic oxidation sites excluding steroid dienone is 5. The summed E-state index contributed by atoms with van der Waals surface area (Å²) in [7, 11) is 0. The normalized spacial score (nSPS) is 18.5. The van der Waals surface area contributed by atoms with E-state index in [0.717, 1.165) is 24.0 Å². The summed E-state index contributed by atoms with van der Waals surface area (Å²) < 4.78 is 0. The zero-order chi connectivity index (χ0) is 22.4. The average molecular weight is 449 g/mol. The fourth-order valence-corrected chi connectivity index (χ4v) is 3.54. The minimum absolute atomic E-state index is 0.0110. The van der Waals surface area contributed by atoms with E-state index >= 15 is 0 Å². The monoisotopic (exact) mass is 448 g/mol. The third-order valence-corrected chi connectivity index (χ3v) is 5.43. The second-order valence-corrected chi connectivity index (χ2v) is 8.26. The maximum absolute atomic E-state index is 10.2. The van der Waals surface area contributed by atoms with Crippen LogP contribution in [0.5, 0.6) is 23.0 Å². The van der Waals surface area contributed by atoms with Crippen LogP contribution in [0.2, 0.25) is 10.0 Å². The van der Waals surface area contributed by atoms with Crippen molar-refractivity contribution in [3.05, 3.63) is 81.9 Å². The highest BCUT2D eigenvalue weighted by atomic mass is 35.5. The molecule has 0 heterocycles. The first kappa shape index (κ1) is 23.7. The summed E-state index contributed by atoms with van der Waals surface area (Å²) in [4.78, 5) is 0. The topological polar surface area (TPSA) is 80.9 Å². The molecule has 2 atom stereocenters. The van der Waals surface area contributed by atoms with Crippen molar-refractivity contribution in [1.29, 1.82) is 0 Å². The fourth-order valence-electron chi connectivity index (χ4n) is 3.25. The van der Waals surface area contributed by atoms with Crippen LogP contribution in [0.1, 0.15) is 38.2 Å². The number of benzene rings is 2. The predicted molar refractivity (Wildman–Crippen MR) is 123 cm³/mol. The van der Waals surface area contributed by atoms with Gasteiger partial charge in [-0.05, 0) is 50.8 Å². The summed E-state index contributed by atoms with van der Waals surface area (Å²) in [5.41, 5.74) is 3.07. The smallest absolute Gasteiger partial charge is 0.137 e. The Bertz CT molecular complexity index is 979. The maximum atomic E-state index is 10.2. The van der Waals surface area contributed by atoms with E-state index in [1.54, 1.807) is 6.07 Å². The number of hydrogen-bond acceptors (Lipinski definition) is 4. The Morgan fingerprint density at radius 1 is 1.00 bits per heavy atom. The Labute approximate surface area is 187 Å². The predicted octanol–water partition coefficient (Wildman–Crippen LogP) is 7.07. The van der Waals surface area contributed by atoms with Gasteiger partial charge in [0.25, 0.3) is 0 Å². The van der Waals surface area contributed by atoms with Crippen molar-refractivity contribution in [1.82, 2.24) is 0 Å². The summed E-state index contributed by atoms with van der Waals surface area (Å²) in [5, 5.41) is 37.8. The lowest BCUT2D eigenvalue weighted by atomic mass is 9.76. The third kappa shape index (κ3) is 6.48. The van der Waals surface area contributed by atoms with Crippen molar-refractivity contribution in [2.45, 2.75) is 32.6 Å². The Morgan fingerprint density at radius 3 is 2.27 bits per heavy atom. The molecule has 3 rings (SSSR count). The van der Waals surface area contributed by atoms with Crippen LogP contribution in [0, 0.1) is 5.92 Å². The van der Waals surface area contributed by atoms with Crippen molar-refractivity contribution >= 4 is 23.2 Å². The molecule has 0 aliphatic heterocycles. The lowest BCUT2D eigenvalue weighted by molar-refractivity contribution is 0.431. The largest absolute Gasteiger partial charge is 0.508 e. The minimum atomic E-state index is -0.100. The van der Waals surface area contributed by atoms with Crippen molar-refractivity contribution in [3.63, 3.8) is 0 Å². The van der Waals surface area contributed by atoms with E-state index in [2.05, 4.69) is 25.7 Å². The number of halogens is 2. The second-order valence-electron chi connectivity index (χ2n) is 7.44. The first-order chi connectivity index (χ1) is 14.1. The molecule has 0 radical (unpaired) electrons. The van der Waals surface area contributed by atoms with E-state index in [1.807, 2.05) is 13.0 Å². The van der Waals surface area contributed by atoms with Gasteiger partial charge in [0.15, 0.2) is 0 Å². The van der Waals surface area contributed by atoms with E-state index in [-0.39, 0.29) is 44.9 Å². The van der Waals surface area contributed by atoms with Crippen LogP contribution < -0.4 is 0 Å². The fraction of sp³-hybridized carbons (Fsp3) is 0.250. The first-order valence-corrected chi connectivity index (χ1v) is 10.2. The van der Waals surface area contributed by atoms with Gasteiger partial charge in [-0.15, -0.1) is 0 Å². The molecule has 1 aliphatic rings. The molecule has 0 saturated heterocycles. The van der Waals surface area contributed by atoms with Crippen molar-refractivity contribution in [2.24, 2.45) is 5.92 Å². The Morgan fingerprint density at radius 2 is 1.67 bits per heavy atom. The molecule has 30 heavy (non-hydrogen) atoms. The number of phenolic OH excluding ortho intramolecular Hbond substituents is 4. The second kappa shape index (κ2) is 10.5. The molecule has 2 unspecified atom stereocenters. The summed E-state index contributed by atoms with van der Waals surface area (Å²) in [5.74, 6) is 0.253. The third-order valence-electron chi connectivity index (χ3n) is 4.81. The van der Waals surface area contributed by atoms with Crippen LogP contribution in [0.4, 0.5) is 0 Å². The molecular weight excluding hydrogens is 423 g/mol. The molecule has 4 N–H and O–H groups in total. The van der Waals surface area contributed by atoms with Gasteiger partial charge in [0.05, 0.1) is 10.0 Å². The molecular formula is C24H26Cl2O4. The molecule has 0 fully saturated rings. The zero-order valence-electron chi connectivity index (χ0n) is 16.9.